The van der Waals surface area contributed by atoms with Gasteiger partial charge in [-0.25, -0.2) is 0 Å². The second-order valence-electron chi connectivity index (χ2n) is 3.81. The van der Waals surface area contributed by atoms with Gasteiger partial charge in [-0.2, -0.15) is 13.2 Å². The summed E-state index contributed by atoms with van der Waals surface area (Å²) in [5.41, 5.74) is 0.562. The molecule has 0 saturated heterocycles. The predicted molar refractivity (Wildman–Crippen MR) is 63.4 cm³/mol. The molecular weight excluding hydrogens is 241 g/mol. The van der Waals surface area contributed by atoms with Gasteiger partial charge in [0.1, 0.15) is 5.75 Å². The second kappa shape index (κ2) is 4.72. The Bertz CT molecular complexity index is 547. The highest BCUT2D eigenvalue weighted by Gasteiger charge is 2.30. The molecule has 0 N–H and O–H groups in total. The fourth-order valence-electron chi connectivity index (χ4n) is 1.68. The maximum atomic E-state index is 12.6. The van der Waals surface area contributed by atoms with Crippen molar-refractivity contribution >= 4 is 0 Å². The van der Waals surface area contributed by atoms with Crippen LogP contribution in [0.5, 0.6) is 5.75 Å². The Hall–Kier alpha value is -1.97. The van der Waals surface area contributed by atoms with Crippen LogP contribution in [0.15, 0.2) is 48.5 Å². The van der Waals surface area contributed by atoms with E-state index in [1.54, 1.807) is 30.3 Å². The van der Waals surface area contributed by atoms with Crippen LogP contribution in [-0.4, -0.2) is 7.11 Å². The Labute approximate surface area is 103 Å². The first kappa shape index (κ1) is 12.5. The van der Waals surface area contributed by atoms with Crippen LogP contribution in [0.25, 0.3) is 11.1 Å². The van der Waals surface area contributed by atoms with Crippen molar-refractivity contribution in [2.24, 2.45) is 0 Å². The van der Waals surface area contributed by atoms with E-state index in [0.29, 0.717) is 16.9 Å². The van der Waals surface area contributed by atoms with Crippen LogP contribution in [-0.2, 0) is 6.18 Å². The van der Waals surface area contributed by atoms with Crippen molar-refractivity contribution in [2.45, 2.75) is 6.18 Å². The van der Waals surface area contributed by atoms with E-state index in [0.717, 1.165) is 12.1 Å². The van der Waals surface area contributed by atoms with Crippen molar-refractivity contribution in [3.8, 4) is 16.9 Å². The molecule has 0 unspecified atom stereocenters. The lowest BCUT2D eigenvalue weighted by atomic mass is 10.0. The smallest absolute Gasteiger partial charge is 0.416 e. The Morgan fingerprint density at radius 1 is 0.889 bits per heavy atom. The highest BCUT2D eigenvalue weighted by molar-refractivity contribution is 5.65. The first-order valence-corrected chi connectivity index (χ1v) is 5.32. The van der Waals surface area contributed by atoms with Gasteiger partial charge in [-0.15, -0.1) is 0 Å². The van der Waals surface area contributed by atoms with E-state index in [9.17, 15) is 13.2 Å². The van der Waals surface area contributed by atoms with E-state index in [4.69, 9.17) is 4.74 Å². The Kier molecular flexibility index (Phi) is 3.28. The van der Waals surface area contributed by atoms with Crippen molar-refractivity contribution in [3.63, 3.8) is 0 Å². The van der Waals surface area contributed by atoms with Crippen LogP contribution in [0, 0.1) is 0 Å². The lowest BCUT2D eigenvalue weighted by molar-refractivity contribution is -0.137. The molecule has 18 heavy (non-hydrogen) atoms. The third-order valence-corrected chi connectivity index (χ3v) is 2.59. The average Bonchev–Trinajstić information content (AvgIpc) is 2.38. The Balaban J connectivity index is 2.44. The molecule has 0 aliphatic carbocycles. The van der Waals surface area contributed by atoms with Gasteiger partial charge < -0.3 is 4.74 Å². The summed E-state index contributed by atoms with van der Waals surface area (Å²) in [6.45, 7) is 0. The number of benzene rings is 2. The third kappa shape index (κ3) is 2.64. The summed E-state index contributed by atoms with van der Waals surface area (Å²) in [6.07, 6.45) is -4.32. The molecule has 94 valence electrons. The molecule has 0 radical (unpaired) electrons. The van der Waals surface area contributed by atoms with Crippen molar-refractivity contribution in [1.82, 2.24) is 0 Å². The van der Waals surface area contributed by atoms with Gasteiger partial charge in [0, 0.05) is 0 Å². The average molecular weight is 252 g/mol. The molecule has 4 heteroatoms. The van der Waals surface area contributed by atoms with E-state index < -0.39 is 11.7 Å². The zero-order valence-corrected chi connectivity index (χ0v) is 9.66. The molecule has 0 aromatic heterocycles. The Morgan fingerprint density at radius 2 is 1.50 bits per heavy atom. The van der Waals surface area contributed by atoms with Gasteiger partial charge in [0.25, 0.3) is 0 Å². The fourth-order valence-corrected chi connectivity index (χ4v) is 1.68. The topological polar surface area (TPSA) is 9.23 Å². The molecule has 2 rings (SSSR count). The molecule has 2 aromatic carbocycles. The summed E-state index contributed by atoms with van der Waals surface area (Å²) >= 11 is 0. The van der Waals surface area contributed by atoms with Crippen LogP contribution < -0.4 is 4.74 Å². The highest BCUT2D eigenvalue weighted by atomic mass is 19.4. The van der Waals surface area contributed by atoms with Crippen LogP contribution in [0.3, 0.4) is 0 Å². The maximum Gasteiger partial charge on any atom is 0.416 e. The number of ether oxygens (including phenoxy) is 1. The zero-order valence-electron chi connectivity index (χ0n) is 9.66. The lowest BCUT2D eigenvalue weighted by Gasteiger charge is -2.09. The molecule has 0 spiro atoms. The molecule has 0 heterocycles. The molecule has 2 aromatic rings. The third-order valence-electron chi connectivity index (χ3n) is 2.59. The van der Waals surface area contributed by atoms with Gasteiger partial charge in [-0.1, -0.05) is 24.3 Å². The van der Waals surface area contributed by atoms with Crippen molar-refractivity contribution in [3.05, 3.63) is 54.1 Å². The fraction of sp³-hybridized carbons (Fsp3) is 0.143. The molecule has 0 amide bonds. The minimum atomic E-state index is -4.32. The standard InChI is InChI=1S/C14H11F3O/c1-18-13-7-3-5-11(9-13)10-4-2-6-12(8-10)14(15,16)17/h2-9H,1H3. The zero-order chi connectivity index (χ0) is 13.2. The summed E-state index contributed by atoms with van der Waals surface area (Å²) in [5, 5.41) is 0. The van der Waals surface area contributed by atoms with Gasteiger partial charge in [-0.3, -0.25) is 0 Å². The number of hydrogen-bond donors (Lipinski definition) is 0. The molecule has 1 nitrogen and oxygen atoms in total. The van der Waals surface area contributed by atoms with Crippen LogP contribution in [0.4, 0.5) is 13.2 Å². The summed E-state index contributed by atoms with van der Waals surface area (Å²) in [7, 11) is 1.52. The number of methoxy groups -OCH3 is 1. The van der Waals surface area contributed by atoms with Crippen molar-refractivity contribution in [2.75, 3.05) is 7.11 Å². The Morgan fingerprint density at radius 3 is 2.11 bits per heavy atom. The largest absolute Gasteiger partial charge is 0.497 e. The van der Waals surface area contributed by atoms with Crippen LogP contribution in [0.1, 0.15) is 5.56 Å². The first-order valence-electron chi connectivity index (χ1n) is 5.32. The second-order valence-corrected chi connectivity index (χ2v) is 3.81. The number of halogens is 3. The van der Waals surface area contributed by atoms with Crippen molar-refractivity contribution < 1.29 is 17.9 Å². The first-order chi connectivity index (χ1) is 8.50. The van der Waals surface area contributed by atoms with E-state index >= 15 is 0 Å². The lowest BCUT2D eigenvalue weighted by Crippen LogP contribution is -2.04. The molecule has 0 saturated carbocycles. The van der Waals surface area contributed by atoms with E-state index in [-0.39, 0.29) is 0 Å². The van der Waals surface area contributed by atoms with Crippen molar-refractivity contribution in [1.29, 1.82) is 0 Å². The number of hydrogen-bond acceptors (Lipinski definition) is 1. The van der Waals surface area contributed by atoms with E-state index in [1.807, 2.05) is 0 Å². The van der Waals surface area contributed by atoms with Gasteiger partial charge in [0.05, 0.1) is 12.7 Å². The minimum absolute atomic E-state index is 0.517. The molecule has 0 aliphatic heterocycles. The normalized spacial score (nSPS) is 11.3. The minimum Gasteiger partial charge on any atom is -0.497 e. The van der Waals surface area contributed by atoms with Gasteiger partial charge in [0.2, 0.25) is 0 Å². The van der Waals surface area contributed by atoms with E-state index in [1.165, 1.54) is 13.2 Å². The summed E-state index contributed by atoms with van der Waals surface area (Å²) in [5.74, 6) is 0.616. The molecule has 0 aliphatic rings. The number of rotatable bonds is 2. The van der Waals surface area contributed by atoms with Gasteiger partial charge in [0.15, 0.2) is 0 Å². The van der Waals surface area contributed by atoms with Crippen LogP contribution in [0.2, 0.25) is 0 Å². The molecule has 0 bridgehead atoms. The van der Waals surface area contributed by atoms with Gasteiger partial charge >= 0.3 is 6.18 Å². The summed E-state index contributed by atoms with van der Waals surface area (Å²) in [6, 6.07) is 12.2. The highest BCUT2D eigenvalue weighted by Crippen LogP contribution is 2.32. The van der Waals surface area contributed by atoms with Crippen LogP contribution >= 0.6 is 0 Å². The van der Waals surface area contributed by atoms with E-state index in [2.05, 4.69) is 0 Å². The maximum absolute atomic E-state index is 12.6. The quantitative estimate of drug-likeness (QED) is 0.770. The summed E-state index contributed by atoms with van der Waals surface area (Å²) < 4.78 is 42.9. The summed E-state index contributed by atoms with van der Waals surface area (Å²) in [4.78, 5) is 0. The monoisotopic (exact) mass is 252 g/mol. The molecule has 0 atom stereocenters. The predicted octanol–water partition coefficient (Wildman–Crippen LogP) is 4.38. The SMILES string of the molecule is COc1cccc(-c2cccc(C(F)(F)F)c2)c1. The number of alkyl halides is 3. The molecule has 0 fully saturated rings. The molecular formula is C14H11F3O. The van der Waals surface area contributed by atoms with Gasteiger partial charge in [-0.05, 0) is 35.4 Å².